The third kappa shape index (κ3) is 4.56. The highest BCUT2D eigenvalue weighted by Gasteiger charge is 2.08. The predicted octanol–water partition coefficient (Wildman–Crippen LogP) is 2.87. The van der Waals surface area contributed by atoms with Crippen LogP contribution in [0.3, 0.4) is 0 Å². The van der Waals surface area contributed by atoms with Crippen LogP contribution in [0.2, 0.25) is 0 Å². The first-order chi connectivity index (χ1) is 8.36. The topological polar surface area (TPSA) is 15.3 Å². The van der Waals surface area contributed by atoms with Gasteiger partial charge in [-0.25, -0.2) is 0 Å². The number of hydrogen-bond donors (Lipinski definition) is 1. The van der Waals surface area contributed by atoms with Gasteiger partial charge < -0.3 is 10.2 Å². The Morgan fingerprint density at radius 1 is 1.12 bits per heavy atom. The molecule has 1 aliphatic heterocycles. The lowest BCUT2D eigenvalue weighted by Gasteiger charge is -2.26. The molecule has 1 N–H and O–H groups in total. The van der Waals surface area contributed by atoms with Crippen LogP contribution >= 0.6 is 22.6 Å². The molecule has 1 heterocycles. The second-order valence-corrected chi connectivity index (χ2v) is 5.83. The van der Waals surface area contributed by atoms with Crippen molar-refractivity contribution in [2.24, 2.45) is 0 Å². The van der Waals surface area contributed by atoms with E-state index in [1.807, 2.05) is 0 Å². The van der Waals surface area contributed by atoms with Gasteiger partial charge in [0, 0.05) is 23.2 Å². The second-order valence-electron chi connectivity index (χ2n) is 4.67. The fraction of sp³-hybridized carbons (Fsp3) is 0.571. The normalized spacial score (nSPS) is 17.2. The average molecular weight is 344 g/mol. The SMILES string of the molecule is Ic1ccccc1CNCCN1CCCCC1. The first kappa shape index (κ1) is 13.3. The Balaban J connectivity index is 1.64. The molecule has 1 aromatic carbocycles. The summed E-state index contributed by atoms with van der Waals surface area (Å²) in [6, 6.07) is 8.58. The minimum absolute atomic E-state index is 0.993. The lowest BCUT2D eigenvalue weighted by atomic mass is 10.1. The zero-order valence-electron chi connectivity index (χ0n) is 10.3. The molecule has 17 heavy (non-hydrogen) atoms. The summed E-state index contributed by atoms with van der Waals surface area (Å²) in [7, 11) is 0. The van der Waals surface area contributed by atoms with Gasteiger partial charge >= 0.3 is 0 Å². The highest BCUT2D eigenvalue weighted by atomic mass is 127. The maximum atomic E-state index is 3.54. The molecule has 0 radical (unpaired) electrons. The molecule has 1 saturated heterocycles. The Morgan fingerprint density at radius 2 is 1.88 bits per heavy atom. The second kappa shape index (κ2) is 7.34. The molecule has 0 bridgehead atoms. The van der Waals surface area contributed by atoms with E-state index in [0.717, 1.165) is 13.1 Å². The van der Waals surface area contributed by atoms with Crippen LogP contribution in [-0.2, 0) is 6.54 Å². The Labute approximate surface area is 118 Å². The molecule has 0 unspecified atom stereocenters. The summed E-state index contributed by atoms with van der Waals surface area (Å²) >= 11 is 2.40. The van der Waals surface area contributed by atoms with Crippen molar-refractivity contribution in [3.8, 4) is 0 Å². The predicted molar refractivity (Wildman–Crippen MR) is 81.2 cm³/mol. The summed E-state index contributed by atoms with van der Waals surface area (Å²) in [5.41, 5.74) is 1.41. The van der Waals surface area contributed by atoms with Crippen LogP contribution in [0.1, 0.15) is 24.8 Å². The molecule has 0 saturated carbocycles. The summed E-state index contributed by atoms with van der Waals surface area (Å²) in [5.74, 6) is 0. The molecule has 2 nitrogen and oxygen atoms in total. The van der Waals surface area contributed by atoms with Crippen LogP contribution in [0.15, 0.2) is 24.3 Å². The van der Waals surface area contributed by atoms with Gasteiger partial charge in [0.25, 0.3) is 0 Å². The van der Waals surface area contributed by atoms with E-state index >= 15 is 0 Å². The van der Waals surface area contributed by atoms with Gasteiger partial charge in [0.1, 0.15) is 0 Å². The number of nitrogens with zero attached hydrogens (tertiary/aromatic N) is 1. The van der Waals surface area contributed by atoms with E-state index in [0.29, 0.717) is 0 Å². The molecular weight excluding hydrogens is 323 g/mol. The van der Waals surface area contributed by atoms with Gasteiger partial charge in [-0.1, -0.05) is 24.6 Å². The van der Waals surface area contributed by atoms with E-state index < -0.39 is 0 Å². The zero-order chi connectivity index (χ0) is 11.9. The van der Waals surface area contributed by atoms with Crippen molar-refractivity contribution in [2.45, 2.75) is 25.8 Å². The van der Waals surface area contributed by atoms with Gasteiger partial charge in [0.15, 0.2) is 0 Å². The van der Waals surface area contributed by atoms with Gasteiger partial charge in [-0.2, -0.15) is 0 Å². The Hall–Kier alpha value is -0.130. The maximum absolute atomic E-state index is 3.54. The molecule has 1 aliphatic rings. The number of nitrogens with one attached hydrogen (secondary N) is 1. The van der Waals surface area contributed by atoms with Gasteiger partial charge in [0.05, 0.1) is 0 Å². The third-order valence-electron chi connectivity index (χ3n) is 3.33. The molecule has 2 rings (SSSR count). The molecule has 1 aromatic rings. The van der Waals surface area contributed by atoms with Crippen LogP contribution in [-0.4, -0.2) is 31.1 Å². The molecule has 0 spiro atoms. The van der Waals surface area contributed by atoms with Crippen LogP contribution in [0.25, 0.3) is 0 Å². The van der Waals surface area contributed by atoms with E-state index in [4.69, 9.17) is 0 Å². The molecule has 0 amide bonds. The number of hydrogen-bond acceptors (Lipinski definition) is 2. The number of piperidine rings is 1. The van der Waals surface area contributed by atoms with E-state index in [1.54, 1.807) is 0 Å². The molecule has 0 atom stereocenters. The molecule has 94 valence electrons. The van der Waals surface area contributed by atoms with Crippen LogP contribution in [0, 0.1) is 3.57 Å². The monoisotopic (exact) mass is 344 g/mol. The Morgan fingerprint density at radius 3 is 2.65 bits per heavy atom. The van der Waals surface area contributed by atoms with Crippen molar-refractivity contribution in [1.29, 1.82) is 0 Å². The first-order valence-electron chi connectivity index (χ1n) is 6.53. The van der Waals surface area contributed by atoms with Crippen molar-refractivity contribution in [3.05, 3.63) is 33.4 Å². The van der Waals surface area contributed by atoms with Gasteiger partial charge in [-0.15, -0.1) is 0 Å². The number of rotatable bonds is 5. The zero-order valence-corrected chi connectivity index (χ0v) is 12.4. The molecular formula is C14H21IN2. The van der Waals surface area contributed by atoms with E-state index in [9.17, 15) is 0 Å². The number of halogens is 1. The molecule has 0 aromatic heterocycles. The van der Waals surface area contributed by atoms with Crippen molar-refractivity contribution < 1.29 is 0 Å². The standard InChI is InChI=1S/C14H21IN2/c15-14-7-3-2-6-13(14)12-16-8-11-17-9-4-1-5-10-17/h2-3,6-7,16H,1,4-5,8-12H2. The summed E-state index contributed by atoms with van der Waals surface area (Å²) in [5, 5.41) is 3.54. The van der Waals surface area contributed by atoms with E-state index in [-0.39, 0.29) is 0 Å². The van der Waals surface area contributed by atoms with Crippen molar-refractivity contribution >= 4 is 22.6 Å². The lowest BCUT2D eigenvalue weighted by molar-refractivity contribution is 0.229. The molecule has 3 heteroatoms. The minimum atomic E-state index is 0.993. The highest BCUT2D eigenvalue weighted by Crippen LogP contribution is 2.11. The largest absolute Gasteiger partial charge is 0.311 e. The highest BCUT2D eigenvalue weighted by molar-refractivity contribution is 14.1. The summed E-state index contributed by atoms with van der Waals surface area (Å²) in [6.45, 7) is 5.89. The van der Waals surface area contributed by atoms with Crippen molar-refractivity contribution in [2.75, 3.05) is 26.2 Å². The van der Waals surface area contributed by atoms with Crippen LogP contribution in [0.4, 0.5) is 0 Å². The maximum Gasteiger partial charge on any atom is 0.0216 e. The average Bonchev–Trinajstić information content (AvgIpc) is 2.38. The van der Waals surface area contributed by atoms with Crippen molar-refractivity contribution in [1.82, 2.24) is 10.2 Å². The summed E-state index contributed by atoms with van der Waals surface area (Å²) < 4.78 is 1.36. The van der Waals surface area contributed by atoms with E-state index in [1.165, 1.54) is 48.0 Å². The Kier molecular flexibility index (Phi) is 5.74. The molecule has 1 fully saturated rings. The number of likely N-dealkylation sites (tertiary alicyclic amines) is 1. The fourth-order valence-electron chi connectivity index (χ4n) is 2.28. The minimum Gasteiger partial charge on any atom is -0.311 e. The van der Waals surface area contributed by atoms with Gasteiger partial charge in [0.2, 0.25) is 0 Å². The van der Waals surface area contributed by atoms with Gasteiger partial charge in [-0.3, -0.25) is 0 Å². The van der Waals surface area contributed by atoms with Crippen molar-refractivity contribution in [3.63, 3.8) is 0 Å². The smallest absolute Gasteiger partial charge is 0.0216 e. The lowest BCUT2D eigenvalue weighted by Crippen LogP contribution is -2.35. The van der Waals surface area contributed by atoms with Crippen LogP contribution in [0.5, 0.6) is 0 Å². The quantitative estimate of drug-likeness (QED) is 0.653. The first-order valence-corrected chi connectivity index (χ1v) is 7.60. The third-order valence-corrected chi connectivity index (χ3v) is 4.38. The van der Waals surface area contributed by atoms with E-state index in [2.05, 4.69) is 57.1 Å². The van der Waals surface area contributed by atoms with Crippen LogP contribution < -0.4 is 5.32 Å². The summed E-state index contributed by atoms with van der Waals surface area (Å²) in [6.07, 6.45) is 4.19. The number of benzene rings is 1. The summed E-state index contributed by atoms with van der Waals surface area (Å²) in [4.78, 5) is 2.58. The fourth-order valence-corrected chi connectivity index (χ4v) is 2.86. The molecule has 0 aliphatic carbocycles. The Bertz CT molecular complexity index is 335. The van der Waals surface area contributed by atoms with Gasteiger partial charge in [-0.05, 0) is 60.2 Å².